The maximum atomic E-state index is 14.2. The van der Waals surface area contributed by atoms with E-state index in [2.05, 4.69) is 0 Å². The van der Waals surface area contributed by atoms with Crippen molar-refractivity contribution in [2.45, 2.75) is 11.1 Å². The SMILES string of the molecule is COc1ccc(SCC(OC)n2c(-c3ccc4c(c3)OCO4)cc3ccc(OC)c(OC)c3c2=O)cc1. The number of ether oxygens (including phenoxy) is 6. The number of rotatable bonds is 9. The Hall–Kier alpha value is -3.82. The standard InChI is InChI=1S/C28H27NO7S/c1-31-19-7-9-20(10-8-19)37-15-25(33-3)29-21(17-5-11-22-24(14-17)36-16-35-22)13-18-6-12-23(32-2)27(34-4)26(18)28(29)30/h5-14,25H,15-16H2,1-4H3. The van der Waals surface area contributed by atoms with Gasteiger partial charge in [0.05, 0.1) is 32.4 Å². The summed E-state index contributed by atoms with van der Waals surface area (Å²) < 4.78 is 35.0. The predicted molar refractivity (Wildman–Crippen MR) is 143 cm³/mol. The van der Waals surface area contributed by atoms with Crippen LogP contribution in [0.15, 0.2) is 70.4 Å². The van der Waals surface area contributed by atoms with Gasteiger partial charge in [-0.3, -0.25) is 9.36 Å². The quantitative estimate of drug-likeness (QED) is 0.273. The second kappa shape index (κ2) is 10.7. The zero-order valence-corrected chi connectivity index (χ0v) is 21.8. The summed E-state index contributed by atoms with van der Waals surface area (Å²) in [6, 6.07) is 19.0. The third-order valence-electron chi connectivity index (χ3n) is 6.24. The van der Waals surface area contributed by atoms with E-state index >= 15 is 0 Å². The molecule has 192 valence electrons. The van der Waals surface area contributed by atoms with E-state index in [1.54, 1.807) is 43.7 Å². The van der Waals surface area contributed by atoms with Gasteiger partial charge in [-0.1, -0.05) is 6.07 Å². The van der Waals surface area contributed by atoms with Crippen molar-refractivity contribution in [3.63, 3.8) is 0 Å². The van der Waals surface area contributed by atoms with Crippen molar-refractivity contribution in [3.05, 3.63) is 71.0 Å². The molecule has 0 spiro atoms. The first-order valence-corrected chi connectivity index (χ1v) is 12.6. The molecule has 37 heavy (non-hydrogen) atoms. The van der Waals surface area contributed by atoms with Gasteiger partial charge in [-0.25, -0.2) is 0 Å². The van der Waals surface area contributed by atoms with Crippen LogP contribution in [-0.4, -0.2) is 45.6 Å². The molecule has 0 saturated heterocycles. The molecule has 0 radical (unpaired) electrons. The fourth-order valence-corrected chi connectivity index (χ4v) is 5.33. The van der Waals surface area contributed by atoms with Crippen molar-refractivity contribution in [3.8, 4) is 40.0 Å². The zero-order chi connectivity index (χ0) is 25.9. The number of thioether (sulfide) groups is 1. The topological polar surface area (TPSA) is 77.4 Å². The molecule has 1 atom stereocenters. The van der Waals surface area contributed by atoms with Crippen molar-refractivity contribution in [2.24, 2.45) is 0 Å². The average molecular weight is 522 g/mol. The van der Waals surface area contributed by atoms with Crippen molar-refractivity contribution in [1.82, 2.24) is 4.57 Å². The van der Waals surface area contributed by atoms with Crippen LogP contribution in [0, 0.1) is 0 Å². The number of fused-ring (bicyclic) bond motifs is 2. The van der Waals surface area contributed by atoms with E-state index in [9.17, 15) is 4.79 Å². The van der Waals surface area contributed by atoms with Crippen molar-refractivity contribution in [2.75, 3.05) is 41.0 Å². The number of pyridine rings is 1. The lowest BCUT2D eigenvalue weighted by Gasteiger charge is -2.24. The van der Waals surface area contributed by atoms with Gasteiger partial charge in [0.2, 0.25) is 6.79 Å². The number of hydrogen-bond donors (Lipinski definition) is 0. The molecule has 1 unspecified atom stereocenters. The average Bonchev–Trinajstić information content (AvgIpc) is 3.41. The molecule has 8 nitrogen and oxygen atoms in total. The van der Waals surface area contributed by atoms with Crippen molar-refractivity contribution >= 4 is 22.5 Å². The van der Waals surface area contributed by atoms with Crippen LogP contribution < -0.4 is 29.2 Å². The lowest BCUT2D eigenvalue weighted by Crippen LogP contribution is -2.29. The number of hydrogen-bond acceptors (Lipinski definition) is 8. The Labute approximate surface area is 218 Å². The van der Waals surface area contributed by atoms with Gasteiger partial charge < -0.3 is 28.4 Å². The molecular weight excluding hydrogens is 494 g/mol. The van der Waals surface area contributed by atoms with E-state index in [0.29, 0.717) is 39.8 Å². The first-order chi connectivity index (χ1) is 18.1. The number of aromatic nitrogens is 1. The molecule has 0 aliphatic carbocycles. The largest absolute Gasteiger partial charge is 0.497 e. The van der Waals surface area contributed by atoms with Crippen molar-refractivity contribution in [1.29, 1.82) is 0 Å². The van der Waals surface area contributed by atoms with Crippen LogP contribution in [0.4, 0.5) is 0 Å². The van der Waals surface area contributed by atoms with Gasteiger partial charge in [-0.05, 0) is 60.0 Å². The second-order valence-corrected chi connectivity index (χ2v) is 9.31. The molecule has 1 aliphatic heterocycles. The highest BCUT2D eigenvalue weighted by Crippen LogP contribution is 2.39. The highest BCUT2D eigenvalue weighted by atomic mass is 32.2. The third-order valence-corrected chi connectivity index (χ3v) is 7.30. The van der Waals surface area contributed by atoms with E-state index in [1.807, 2.05) is 54.6 Å². The summed E-state index contributed by atoms with van der Waals surface area (Å²) >= 11 is 1.58. The van der Waals surface area contributed by atoms with Gasteiger partial charge in [-0.15, -0.1) is 11.8 Å². The van der Waals surface area contributed by atoms with Gasteiger partial charge in [0.15, 0.2) is 23.0 Å². The maximum Gasteiger partial charge on any atom is 0.264 e. The van der Waals surface area contributed by atoms with Crippen LogP contribution in [0.5, 0.6) is 28.7 Å². The Bertz CT molecular complexity index is 1480. The molecule has 1 aliphatic rings. The molecule has 0 saturated carbocycles. The minimum absolute atomic E-state index is 0.166. The second-order valence-electron chi connectivity index (χ2n) is 8.21. The van der Waals surface area contributed by atoms with Gasteiger partial charge in [0.1, 0.15) is 12.0 Å². The monoisotopic (exact) mass is 521 g/mol. The fraction of sp³-hybridized carbons (Fsp3) is 0.250. The van der Waals surface area contributed by atoms with Crippen LogP contribution in [0.1, 0.15) is 6.23 Å². The molecule has 2 heterocycles. The van der Waals surface area contributed by atoms with E-state index in [1.165, 1.54) is 7.11 Å². The lowest BCUT2D eigenvalue weighted by molar-refractivity contribution is 0.0634. The normalized spacial score (nSPS) is 13.0. The van der Waals surface area contributed by atoms with E-state index < -0.39 is 6.23 Å². The summed E-state index contributed by atoms with van der Waals surface area (Å²) in [5.41, 5.74) is 1.24. The minimum atomic E-state index is -0.583. The summed E-state index contributed by atoms with van der Waals surface area (Å²) in [7, 11) is 6.31. The van der Waals surface area contributed by atoms with Crippen LogP contribution in [0.2, 0.25) is 0 Å². The summed E-state index contributed by atoms with van der Waals surface area (Å²) in [6.07, 6.45) is -0.583. The number of nitrogens with zero attached hydrogens (tertiary/aromatic N) is 1. The smallest absolute Gasteiger partial charge is 0.264 e. The Morgan fingerprint density at radius 1 is 0.892 bits per heavy atom. The van der Waals surface area contributed by atoms with Gasteiger partial charge in [0.25, 0.3) is 5.56 Å². The molecule has 4 aromatic rings. The van der Waals surface area contributed by atoms with Gasteiger partial charge in [0, 0.05) is 23.3 Å². The molecular formula is C28H27NO7S. The Morgan fingerprint density at radius 3 is 2.38 bits per heavy atom. The Morgan fingerprint density at radius 2 is 1.68 bits per heavy atom. The molecule has 0 bridgehead atoms. The summed E-state index contributed by atoms with van der Waals surface area (Å²) in [4.78, 5) is 15.2. The Kier molecular flexibility index (Phi) is 7.16. The zero-order valence-electron chi connectivity index (χ0n) is 21.0. The first kappa shape index (κ1) is 24.9. The van der Waals surface area contributed by atoms with Crippen LogP contribution in [0.25, 0.3) is 22.0 Å². The molecule has 1 aromatic heterocycles. The number of benzene rings is 3. The van der Waals surface area contributed by atoms with E-state index in [-0.39, 0.29) is 12.4 Å². The van der Waals surface area contributed by atoms with Crippen LogP contribution in [-0.2, 0) is 4.74 Å². The Balaban J connectivity index is 1.66. The molecule has 0 N–H and O–H groups in total. The highest BCUT2D eigenvalue weighted by Gasteiger charge is 2.24. The fourth-order valence-electron chi connectivity index (χ4n) is 4.38. The molecule has 3 aromatic carbocycles. The maximum absolute atomic E-state index is 14.2. The lowest BCUT2D eigenvalue weighted by atomic mass is 10.0. The molecule has 0 amide bonds. The minimum Gasteiger partial charge on any atom is -0.497 e. The van der Waals surface area contributed by atoms with Crippen molar-refractivity contribution < 1.29 is 28.4 Å². The first-order valence-electron chi connectivity index (χ1n) is 11.6. The van der Waals surface area contributed by atoms with Gasteiger partial charge >= 0.3 is 0 Å². The summed E-state index contributed by atoms with van der Waals surface area (Å²) in [6.45, 7) is 0.166. The highest BCUT2D eigenvalue weighted by molar-refractivity contribution is 7.99. The number of methoxy groups -OCH3 is 4. The third kappa shape index (κ3) is 4.68. The summed E-state index contributed by atoms with van der Waals surface area (Å²) in [5.74, 6) is 3.43. The van der Waals surface area contributed by atoms with Gasteiger partial charge in [-0.2, -0.15) is 0 Å². The summed E-state index contributed by atoms with van der Waals surface area (Å²) in [5, 5.41) is 1.15. The van der Waals surface area contributed by atoms with Crippen LogP contribution in [0.3, 0.4) is 0 Å². The van der Waals surface area contributed by atoms with E-state index in [4.69, 9.17) is 28.4 Å². The van der Waals surface area contributed by atoms with Crippen LogP contribution >= 0.6 is 11.8 Å². The predicted octanol–water partition coefficient (Wildman–Crippen LogP) is 5.36. The molecule has 5 rings (SSSR count). The molecule has 9 heteroatoms. The van der Waals surface area contributed by atoms with E-state index in [0.717, 1.165) is 21.6 Å². The molecule has 0 fully saturated rings.